The van der Waals surface area contributed by atoms with Crippen molar-refractivity contribution in [1.82, 2.24) is 0 Å². The highest BCUT2D eigenvalue weighted by molar-refractivity contribution is 5.50. The van der Waals surface area contributed by atoms with Crippen LogP contribution in [0, 0.1) is 0 Å². The molecule has 0 aromatic heterocycles. The molecule has 0 radical (unpaired) electrons. The second-order valence-electron chi connectivity index (χ2n) is 3.58. The number of rotatable bonds is 3. The Balaban J connectivity index is 2.86. The zero-order valence-corrected chi connectivity index (χ0v) is 9.68. The molecule has 0 bridgehead atoms. The van der Waals surface area contributed by atoms with Crippen LogP contribution in [0.1, 0.15) is 19.4 Å². The fraction of sp³-hybridized carbons (Fsp3) is 0.231. The number of alkyl halides is 3. The summed E-state index contributed by atoms with van der Waals surface area (Å²) in [5, 5.41) is 2.90. The molecular formula is C13H14F3N. The molecule has 0 atom stereocenters. The highest BCUT2D eigenvalue weighted by atomic mass is 19.4. The first-order chi connectivity index (χ1) is 7.93. The van der Waals surface area contributed by atoms with Crippen LogP contribution in [0.15, 0.2) is 48.2 Å². The predicted molar refractivity (Wildman–Crippen MR) is 63.6 cm³/mol. The van der Waals surface area contributed by atoms with Crippen LogP contribution in [0.3, 0.4) is 0 Å². The molecule has 1 rings (SSSR count). The molecule has 0 fully saturated rings. The van der Waals surface area contributed by atoms with Gasteiger partial charge >= 0.3 is 6.18 Å². The fourth-order valence-electron chi connectivity index (χ4n) is 1.28. The summed E-state index contributed by atoms with van der Waals surface area (Å²) in [7, 11) is 0. The van der Waals surface area contributed by atoms with Crippen LogP contribution >= 0.6 is 0 Å². The van der Waals surface area contributed by atoms with Crippen LogP contribution in [-0.2, 0) is 6.18 Å². The molecule has 0 heterocycles. The third-order valence-corrected chi connectivity index (χ3v) is 2.07. The minimum atomic E-state index is -4.31. The Morgan fingerprint density at radius 2 is 2.00 bits per heavy atom. The molecule has 0 saturated heterocycles. The van der Waals surface area contributed by atoms with Crippen molar-refractivity contribution >= 4 is 5.69 Å². The molecule has 17 heavy (non-hydrogen) atoms. The SMILES string of the molecule is C/C=C\C=C(/C)Nc1cccc(C(F)(F)F)c1. The lowest BCUT2D eigenvalue weighted by molar-refractivity contribution is -0.137. The van der Waals surface area contributed by atoms with Crippen molar-refractivity contribution in [2.75, 3.05) is 5.32 Å². The summed E-state index contributed by atoms with van der Waals surface area (Å²) in [6, 6.07) is 5.12. The Kier molecular flexibility index (Phi) is 4.37. The molecule has 0 aliphatic carbocycles. The Morgan fingerprint density at radius 3 is 2.59 bits per heavy atom. The van der Waals surface area contributed by atoms with E-state index in [-0.39, 0.29) is 0 Å². The molecule has 4 heteroatoms. The van der Waals surface area contributed by atoms with Gasteiger partial charge in [0.2, 0.25) is 0 Å². The molecule has 1 nitrogen and oxygen atoms in total. The number of hydrogen-bond donors (Lipinski definition) is 1. The lowest BCUT2D eigenvalue weighted by Gasteiger charge is -2.10. The van der Waals surface area contributed by atoms with Crippen molar-refractivity contribution in [3.63, 3.8) is 0 Å². The van der Waals surface area contributed by atoms with E-state index < -0.39 is 11.7 Å². The van der Waals surface area contributed by atoms with Gasteiger partial charge in [-0.15, -0.1) is 0 Å². The number of anilines is 1. The average molecular weight is 241 g/mol. The molecule has 1 aromatic carbocycles. The van der Waals surface area contributed by atoms with Crippen LogP contribution in [0.4, 0.5) is 18.9 Å². The van der Waals surface area contributed by atoms with E-state index >= 15 is 0 Å². The quantitative estimate of drug-likeness (QED) is 0.763. The zero-order chi connectivity index (χ0) is 12.9. The first-order valence-electron chi connectivity index (χ1n) is 5.17. The third kappa shape index (κ3) is 4.34. The second-order valence-corrected chi connectivity index (χ2v) is 3.58. The molecule has 0 amide bonds. The average Bonchev–Trinajstić information content (AvgIpc) is 2.25. The lowest BCUT2D eigenvalue weighted by Crippen LogP contribution is -2.05. The summed E-state index contributed by atoms with van der Waals surface area (Å²) in [5.74, 6) is 0. The maximum atomic E-state index is 12.5. The summed E-state index contributed by atoms with van der Waals surface area (Å²) in [6.45, 7) is 3.66. The van der Waals surface area contributed by atoms with Crippen LogP contribution in [0.25, 0.3) is 0 Å². The predicted octanol–water partition coefficient (Wildman–Crippen LogP) is 4.60. The summed E-state index contributed by atoms with van der Waals surface area (Å²) in [6.07, 6.45) is 1.14. The van der Waals surface area contributed by atoms with Crippen LogP contribution in [0.2, 0.25) is 0 Å². The topological polar surface area (TPSA) is 12.0 Å². The van der Waals surface area contributed by atoms with E-state index in [0.717, 1.165) is 17.8 Å². The molecule has 92 valence electrons. The van der Waals surface area contributed by atoms with Gasteiger partial charge in [-0.05, 0) is 38.1 Å². The van der Waals surface area contributed by atoms with Gasteiger partial charge in [-0.3, -0.25) is 0 Å². The largest absolute Gasteiger partial charge is 0.416 e. The summed E-state index contributed by atoms with van der Waals surface area (Å²) < 4.78 is 37.4. The fourth-order valence-corrected chi connectivity index (χ4v) is 1.28. The van der Waals surface area contributed by atoms with Crippen LogP contribution in [-0.4, -0.2) is 0 Å². The van der Waals surface area contributed by atoms with Crippen molar-refractivity contribution in [2.24, 2.45) is 0 Å². The first-order valence-corrected chi connectivity index (χ1v) is 5.17. The minimum absolute atomic E-state index is 0.429. The highest BCUT2D eigenvalue weighted by Crippen LogP contribution is 2.30. The number of hydrogen-bond acceptors (Lipinski definition) is 1. The van der Waals surface area contributed by atoms with Gasteiger partial charge < -0.3 is 5.32 Å². The van der Waals surface area contributed by atoms with Gasteiger partial charge in [0.05, 0.1) is 5.56 Å². The molecule has 0 saturated carbocycles. The molecule has 0 aliphatic rings. The van der Waals surface area contributed by atoms with E-state index in [1.807, 2.05) is 19.1 Å². The standard InChI is InChI=1S/C13H14F3N/c1-3-4-6-10(2)17-12-8-5-7-11(9-12)13(14,15)16/h3-9,17H,1-2H3/b4-3-,10-6+. The molecule has 0 spiro atoms. The first kappa shape index (κ1) is 13.4. The molecule has 0 aliphatic heterocycles. The third-order valence-electron chi connectivity index (χ3n) is 2.07. The Morgan fingerprint density at radius 1 is 1.29 bits per heavy atom. The maximum Gasteiger partial charge on any atom is 0.416 e. The van der Waals surface area contributed by atoms with Crippen molar-refractivity contribution in [1.29, 1.82) is 0 Å². The summed E-state index contributed by atoms with van der Waals surface area (Å²) in [4.78, 5) is 0. The van der Waals surface area contributed by atoms with E-state index in [2.05, 4.69) is 5.32 Å². The van der Waals surface area contributed by atoms with Gasteiger partial charge in [-0.2, -0.15) is 13.2 Å². The lowest BCUT2D eigenvalue weighted by atomic mass is 10.2. The molecular weight excluding hydrogens is 227 g/mol. The Labute approximate surface area is 98.7 Å². The van der Waals surface area contributed by atoms with Gasteiger partial charge in [-0.1, -0.05) is 18.2 Å². The van der Waals surface area contributed by atoms with Crippen molar-refractivity contribution in [2.45, 2.75) is 20.0 Å². The Hall–Kier alpha value is -1.71. The van der Waals surface area contributed by atoms with E-state index in [9.17, 15) is 13.2 Å². The number of nitrogens with one attached hydrogen (secondary N) is 1. The molecule has 1 aromatic rings. The number of benzene rings is 1. The molecule has 0 unspecified atom stereocenters. The van der Waals surface area contributed by atoms with Crippen molar-refractivity contribution < 1.29 is 13.2 Å². The number of halogens is 3. The zero-order valence-electron chi connectivity index (χ0n) is 9.68. The van der Waals surface area contributed by atoms with Gasteiger partial charge in [-0.25, -0.2) is 0 Å². The van der Waals surface area contributed by atoms with E-state index in [1.54, 1.807) is 19.1 Å². The van der Waals surface area contributed by atoms with Gasteiger partial charge in [0.25, 0.3) is 0 Å². The Bertz CT molecular complexity index is 431. The van der Waals surface area contributed by atoms with Crippen molar-refractivity contribution in [3.05, 3.63) is 53.8 Å². The second kappa shape index (κ2) is 5.57. The summed E-state index contributed by atoms with van der Waals surface area (Å²) in [5.41, 5.74) is 0.557. The van der Waals surface area contributed by atoms with Crippen molar-refractivity contribution in [3.8, 4) is 0 Å². The van der Waals surface area contributed by atoms with E-state index in [1.165, 1.54) is 6.07 Å². The van der Waals surface area contributed by atoms with Crippen LogP contribution in [0.5, 0.6) is 0 Å². The van der Waals surface area contributed by atoms with Crippen LogP contribution < -0.4 is 5.32 Å². The monoisotopic (exact) mass is 241 g/mol. The van der Waals surface area contributed by atoms with Gasteiger partial charge in [0.15, 0.2) is 0 Å². The highest BCUT2D eigenvalue weighted by Gasteiger charge is 2.30. The minimum Gasteiger partial charge on any atom is -0.359 e. The normalized spacial score (nSPS) is 13.1. The molecule has 1 N–H and O–H groups in total. The van der Waals surface area contributed by atoms with E-state index in [4.69, 9.17) is 0 Å². The van der Waals surface area contributed by atoms with E-state index in [0.29, 0.717) is 5.69 Å². The summed E-state index contributed by atoms with van der Waals surface area (Å²) >= 11 is 0. The smallest absolute Gasteiger partial charge is 0.359 e. The number of allylic oxidation sites excluding steroid dienone is 4. The van der Waals surface area contributed by atoms with Gasteiger partial charge in [0.1, 0.15) is 0 Å². The van der Waals surface area contributed by atoms with Gasteiger partial charge in [0, 0.05) is 11.4 Å². The maximum absolute atomic E-state index is 12.5.